The number of aryl methyl sites for hydroxylation is 1. The van der Waals surface area contributed by atoms with E-state index in [9.17, 15) is 9.59 Å². The van der Waals surface area contributed by atoms with E-state index in [0.717, 1.165) is 54.6 Å². The molecule has 3 aromatic rings. The summed E-state index contributed by atoms with van der Waals surface area (Å²) in [4.78, 5) is 27.8. The molecular weight excluding hydrogens is 584 g/mol. The van der Waals surface area contributed by atoms with E-state index in [1.807, 2.05) is 36.4 Å². The second kappa shape index (κ2) is 15.2. The Balaban J connectivity index is 1.73. The van der Waals surface area contributed by atoms with Gasteiger partial charge in [-0.2, -0.15) is 0 Å². The van der Waals surface area contributed by atoms with Gasteiger partial charge in [0.15, 0.2) is 0 Å². The molecule has 0 heterocycles. The topological polar surface area (TPSA) is 90.6 Å². The molecule has 0 radical (unpaired) electrons. The molecule has 0 bridgehead atoms. The van der Waals surface area contributed by atoms with E-state index in [-0.39, 0.29) is 23.8 Å². The quantitative estimate of drug-likeness (QED) is 0.154. The van der Waals surface area contributed by atoms with Gasteiger partial charge in [0.05, 0.1) is 11.1 Å². The number of hydrogen-bond acceptors (Lipinski definition) is 6. The summed E-state index contributed by atoms with van der Waals surface area (Å²) in [6, 6.07) is 24.2. The van der Waals surface area contributed by atoms with Crippen molar-refractivity contribution in [3.63, 3.8) is 0 Å². The van der Waals surface area contributed by atoms with E-state index in [0.29, 0.717) is 11.1 Å². The van der Waals surface area contributed by atoms with Gasteiger partial charge < -0.3 is 20.5 Å². The molecule has 0 saturated heterocycles. The van der Waals surface area contributed by atoms with Gasteiger partial charge in [0.1, 0.15) is 12.2 Å². The van der Waals surface area contributed by atoms with Gasteiger partial charge in [-0.05, 0) is 66.8 Å². The second-order valence-corrected chi connectivity index (χ2v) is 13.4. The van der Waals surface area contributed by atoms with E-state index >= 15 is 0 Å². The lowest BCUT2D eigenvalue weighted by Crippen LogP contribution is -2.60. The van der Waals surface area contributed by atoms with E-state index < -0.39 is 29.6 Å². The van der Waals surface area contributed by atoms with Crippen LogP contribution in [0.1, 0.15) is 103 Å². The molecule has 47 heavy (non-hydrogen) atoms. The molecule has 7 unspecified atom stereocenters. The first-order valence-electron chi connectivity index (χ1n) is 17.2. The summed E-state index contributed by atoms with van der Waals surface area (Å²) >= 11 is 0. The lowest BCUT2D eigenvalue weighted by molar-refractivity contribution is -0.124. The monoisotopic (exact) mass is 634 g/mol. The van der Waals surface area contributed by atoms with Crippen LogP contribution in [0.3, 0.4) is 0 Å². The fourth-order valence-electron chi connectivity index (χ4n) is 7.65. The number of unbranched alkanes of at least 4 members (excludes halogenated alkanes) is 1. The molecule has 1 fully saturated rings. The number of fused-ring (bicyclic) bond motifs is 1. The minimum atomic E-state index is -0.792. The number of benzene rings is 3. The SMILES string of the molecule is CCCCNC1=CC=CC2(C)C(C)C(OC(=O)c3ccccc3)C(OC(=O)c3ccccc3)C(c3c(C)cccc3C(N)CCC)C12. The van der Waals surface area contributed by atoms with Crippen molar-refractivity contribution in [3.8, 4) is 0 Å². The number of esters is 2. The molecule has 5 rings (SSSR count). The highest BCUT2D eigenvalue weighted by Crippen LogP contribution is 2.59. The lowest BCUT2D eigenvalue weighted by Gasteiger charge is -2.56. The van der Waals surface area contributed by atoms with Gasteiger partial charge >= 0.3 is 11.9 Å². The fraction of sp³-hybridized carbons (Fsp3) is 0.415. The fourth-order valence-corrected chi connectivity index (χ4v) is 7.65. The maximum absolute atomic E-state index is 14.0. The Morgan fingerprint density at radius 1 is 0.872 bits per heavy atom. The molecule has 6 nitrogen and oxygen atoms in total. The Bertz CT molecular complexity index is 1580. The average Bonchev–Trinajstić information content (AvgIpc) is 3.08. The first-order valence-corrected chi connectivity index (χ1v) is 17.2. The zero-order valence-corrected chi connectivity index (χ0v) is 28.4. The average molecular weight is 635 g/mol. The van der Waals surface area contributed by atoms with E-state index in [2.05, 4.69) is 76.4 Å². The number of nitrogens with one attached hydrogen (secondary N) is 1. The molecule has 1 saturated carbocycles. The third kappa shape index (κ3) is 7.08. The van der Waals surface area contributed by atoms with Crippen LogP contribution in [-0.2, 0) is 9.47 Å². The summed E-state index contributed by atoms with van der Waals surface area (Å²) in [5.74, 6) is -1.54. The summed E-state index contributed by atoms with van der Waals surface area (Å²) in [7, 11) is 0. The third-order valence-corrected chi connectivity index (χ3v) is 10.3. The number of carbonyl (C=O) groups is 2. The molecule has 0 aliphatic heterocycles. The molecule has 6 heteroatoms. The van der Waals surface area contributed by atoms with Crippen LogP contribution < -0.4 is 11.1 Å². The number of ether oxygens (including phenoxy) is 2. The van der Waals surface area contributed by atoms with Crippen LogP contribution >= 0.6 is 0 Å². The minimum absolute atomic E-state index is 0.103. The Hall–Kier alpha value is -4.16. The van der Waals surface area contributed by atoms with Crippen LogP contribution in [0, 0.1) is 24.2 Å². The third-order valence-electron chi connectivity index (χ3n) is 10.3. The predicted octanol–water partition coefficient (Wildman–Crippen LogP) is 8.45. The largest absolute Gasteiger partial charge is 0.454 e. The first kappa shape index (κ1) is 34.2. The zero-order valence-electron chi connectivity index (χ0n) is 28.4. The lowest BCUT2D eigenvalue weighted by atomic mass is 9.51. The molecule has 3 N–H and O–H groups in total. The summed E-state index contributed by atoms with van der Waals surface area (Å²) in [5.41, 5.74) is 11.7. The summed E-state index contributed by atoms with van der Waals surface area (Å²) < 4.78 is 13.2. The molecule has 0 spiro atoms. The van der Waals surface area contributed by atoms with Crippen molar-refractivity contribution in [2.75, 3.05) is 6.54 Å². The van der Waals surface area contributed by atoms with Crippen LogP contribution in [0.4, 0.5) is 0 Å². The highest BCUT2D eigenvalue weighted by Gasteiger charge is 2.60. The number of rotatable bonds is 12. The van der Waals surface area contributed by atoms with Crippen LogP contribution in [0.25, 0.3) is 0 Å². The molecule has 7 atom stereocenters. The highest BCUT2D eigenvalue weighted by molar-refractivity contribution is 5.90. The van der Waals surface area contributed by atoms with Crippen molar-refractivity contribution in [2.45, 2.75) is 84.5 Å². The van der Waals surface area contributed by atoms with Crippen LogP contribution in [0.5, 0.6) is 0 Å². The molecule has 248 valence electrons. The Morgan fingerprint density at radius 3 is 2.09 bits per heavy atom. The maximum atomic E-state index is 14.0. The summed E-state index contributed by atoms with van der Waals surface area (Å²) in [5, 5.41) is 3.78. The molecule has 0 amide bonds. The van der Waals surface area contributed by atoms with Crippen LogP contribution in [0.15, 0.2) is 103 Å². The van der Waals surface area contributed by atoms with Gasteiger partial charge in [-0.1, -0.05) is 107 Å². The maximum Gasteiger partial charge on any atom is 0.338 e. The number of carbonyl (C=O) groups excluding carboxylic acids is 2. The standard InChI is InChI=1S/C41H50N2O4/c1-6-8-26-43-33-24-16-25-41(5)28(4)37(46-39(44)29-19-11-9-12-20-29)38(47-40(45)30-21-13-10-14-22-30)35(36(33)41)34-27(3)18-15-23-31(34)32(42)17-7-2/h9-16,18-25,28,32,35-38,43H,6-8,17,26,42H2,1-5H3. The van der Waals surface area contributed by atoms with E-state index in [1.54, 1.807) is 24.3 Å². The van der Waals surface area contributed by atoms with Gasteiger partial charge in [0.2, 0.25) is 0 Å². The van der Waals surface area contributed by atoms with E-state index in [1.165, 1.54) is 0 Å². The van der Waals surface area contributed by atoms with Crippen molar-refractivity contribution < 1.29 is 19.1 Å². The van der Waals surface area contributed by atoms with Crippen molar-refractivity contribution in [1.29, 1.82) is 0 Å². The van der Waals surface area contributed by atoms with E-state index in [4.69, 9.17) is 15.2 Å². The van der Waals surface area contributed by atoms with Crippen LogP contribution in [0.2, 0.25) is 0 Å². The first-order chi connectivity index (χ1) is 22.7. The smallest absolute Gasteiger partial charge is 0.338 e. The molecule has 2 aliphatic rings. The summed E-state index contributed by atoms with van der Waals surface area (Å²) in [6.45, 7) is 11.6. The number of allylic oxidation sites excluding steroid dienone is 4. The molecular formula is C41H50N2O4. The Kier molecular flexibility index (Phi) is 11.0. The normalized spacial score (nSPS) is 25.7. The second-order valence-electron chi connectivity index (χ2n) is 13.4. The summed E-state index contributed by atoms with van der Waals surface area (Å²) in [6.07, 6.45) is 8.86. The van der Waals surface area contributed by atoms with Crippen LogP contribution in [-0.4, -0.2) is 30.7 Å². The van der Waals surface area contributed by atoms with Crippen molar-refractivity contribution in [2.24, 2.45) is 23.0 Å². The van der Waals surface area contributed by atoms with Gasteiger partial charge in [-0.3, -0.25) is 0 Å². The van der Waals surface area contributed by atoms with Crippen molar-refractivity contribution in [1.82, 2.24) is 5.32 Å². The van der Waals surface area contributed by atoms with Gasteiger partial charge in [0, 0.05) is 41.5 Å². The van der Waals surface area contributed by atoms with Crippen molar-refractivity contribution in [3.05, 3.63) is 131 Å². The minimum Gasteiger partial charge on any atom is -0.454 e. The Labute approximate surface area is 280 Å². The molecule has 2 aliphatic carbocycles. The van der Waals surface area contributed by atoms with Gasteiger partial charge in [-0.15, -0.1) is 0 Å². The Morgan fingerprint density at radius 2 is 1.49 bits per heavy atom. The van der Waals surface area contributed by atoms with Crippen molar-refractivity contribution >= 4 is 11.9 Å². The highest BCUT2D eigenvalue weighted by atomic mass is 16.6. The number of hydrogen-bond donors (Lipinski definition) is 2. The number of nitrogens with two attached hydrogens (primary N) is 1. The predicted molar refractivity (Wildman–Crippen MR) is 188 cm³/mol. The molecule has 0 aromatic heterocycles. The van der Waals surface area contributed by atoms with Gasteiger partial charge in [0.25, 0.3) is 0 Å². The van der Waals surface area contributed by atoms with Gasteiger partial charge in [-0.25, -0.2) is 9.59 Å². The zero-order chi connectivity index (χ0) is 33.6. The molecule has 3 aromatic carbocycles.